The largest absolute Gasteiger partial charge is 0.310 e. The topological polar surface area (TPSA) is 59.4 Å². The monoisotopic (exact) mass is 1720 g/mol. The van der Waals surface area contributed by atoms with Gasteiger partial charge in [0.05, 0.1) is 40.0 Å². The number of nitrogens with zero attached hydrogens (tertiary/aromatic N) is 8. The molecule has 18 rings (SSSR count). The molecule has 0 radical (unpaired) electrons. The van der Waals surface area contributed by atoms with E-state index in [-0.39, 0.29) is 54.1 Å². The van der Waals surface area contributed by atoms with Gasteiger partial charge in [-0.25, -0.2) is 4.85 Å². The van der Waals surface area contributed by atoms with E-state index < -0.39 is 6.71 Å². The lowest BCUT2D eigenvalue weighted by molar-refractivity contribution is 0.531. The van der Waals surface area contributed by atoms with Crippen LogP contribution in [0.1, 0.15) is 264 Å². The van der Waals surface area contributed by atoms with Crippen molar-refractivity contribution < 1.29 is 0 Å². The molecule has 0 atom stereocenters. The molecular weight excluding hydrogens is 1590 g/mol. The Kier molecular flexibility index (Phi) is 21.0. The molecule has 16 aromatic rings. The molecule has 0 unspecified atom stereocenters. The summed E-state index contributed by atoms with van der Waals surface area (Å²) in [6, 6.07) is 97.0. The molecule has 0 aliphatic carbocycles. The van der Waals surface area contributed by atoms with Crippen LogP contribution in [-0.2, 0) is 54.1 Å². The second-order valence-corrected chi connectivity index (χ2v) is 47.9. The van der Waals surface area contributed by atoms with Crippen LogP contribution in [0, 0.1) is 6.57 Å². The van der Waals surface area contributed by atoms with Gasteiger partial charge in [0.25, 0.3) is 6.71 Å². The lowest BCUT2D eigenvalue weighted by Gasteiger charge is -2.46. The summed E-state index contributed by atoms with van der Waals surface area (Å²) in [7, 11) is 0. The van der Waals surface area contributed by atoms with Crippen molar-refractivity contribution in [3.05, 3.63) is 317 Å². The van der Waals surface area contributed by atoms with Crippen LogP contribution in [0.4, 0.5) is 39.8 Å². The molecule has 0 spiro atoms. The predicted molar refractivity (Wildman–Crippen MR) is 563 cm³/mol. The van der Waals surface area contributed by atoms with Gasteiger partial charge in [-0.15, -0.1) is 0 Å². The smallest absolute Gasteiger partial charge is 0.252 e. The van der Waals surface area contributed by atoms with Crippen LogP contribution in [0.3, 0.4) is 0 Å². The highest BCUT2D eigenvalue weighted by Crippen LogP contribution is 2.57. The number of rotatable bonds is 9. The third-order valence-electron chi connectivity index (χ3n) is 27.5. The molecule has 2 aliphatic rings. The quantitative estimate of drug-likeness (QED) is 0.106. The summed E-state index contributed by atoms with van der Waals surface area (Å²) in [5, 5.41) is 4.58. The Bertz CT molecular complexity index is 6980. The second kappa shape index (κ2) is 30.9. The summed E-state index contributed by atoms with van der Waals surface area (Å²) in [6.45, 7) is 77.8. The first-order valence-corrected chi connectivity index (χ1v) is 47.4. The zero-order valence-corrected chi connectivity index (χ0v) is 83.3. The van der Waals surface area contributed by atoms with Crippen molar-refractivity contribution in [2.24, 2.45) is 0 Å². The van der Waals surface area contributed by atoms with Gasteiger partial charge >= 0.3 is 0 Å². The number of anilines is 6. The van der Waals surface area contributed by atoms with E-state index in [9.17, 15) is 0 Å². The first-order chi connectivity index (χ1) is 61.2. The Morgan fingerprint density at radius 2 is 0.573 bits per heavy atom. The van der Waals surface area contributed by atoms with Crippen LogP contribution in [0.2, 0.25) is 0 Å². The molecule has 0 saturated carbocycles. The Morgan fingerprint density at radius 3 is 0.924 bits per heavy atom. The maximum Gasteiger partial charge on any atom is 0.252 e. The van der Waals surface area contributed by atoms with E-state index in [1.165, 1.54) is 44.0 Å². The molecule has 5 aromatic heterocycles. The minimum absolute atomic E-state index is 0.112. The molecule has 9 heteroatoms. The van der Waals surface area contributed by atoms with E-state index >= 15 is 0 Å². The number of aromatic nitrogens is 5. The number of para-hydroxylation sites is 3. The molecule has 0 bridgehead atoms. The lowest BCUT2D eigenvalue weighted by atomic mass is 9.33. The Hall–Kier alpha value is -12.4. The minimum Gasteiger partial charge on any atom is -0.310 e. The molecule has 0 amide bonds. The van der Waals surface area contributed by atoms with E-state index in [1.54, 1.807) is 0 Å². The second-order valence-electron chi connectivity index (χ2n) is 47.9. The van der Waals surface area contributed by atoms with Crippen molar-refractivity contribution in [3.8, 4) is 67.0 Å². The average Bonchev–Trinajstić information content (AvgIpc) is 0.918. The molecule has 11 aromatic carbocycles. The first-order valence-electron chi connectivity index (χ1n) is 47.4. The molecule has 662 valence electrons. The zero-order chi connectivity index (χ0) is 93.8. The maximum absolute atomic E-state index is 8.41. The fraction of sp³-hybridized carbons (Fsp3) is 0.328. The first kappa shape index (κ1) is 89.2. The molecule has 131 heavy (non-hydrogen) atoms. The molecule has 8 nitrogen and oxygen atoms in total. The van der Waals surface area contributed by atoms with Crippen LogP contribution in [0.25, 0.3) is 115 Å². The summed E-state index contributed by atoms with van der Waals surface area (Å²) < 4.78 is 5.02. The molecule has 0 N–H and O–H groups in total. The number of fused-ring (bicyclic) bond motifs is 10. The predicted octanol–water partition coefficient (Wildman–Crippen LogP) is 32.0. The van der Waals surface area contributed by atoms with E-state index in [2.05, 4.69) is 474 Å². The highest BCUT2D eigenvalue weighted by Gasteiger charge is 2.47. The van der Waals surface area contributed by atoms with Gasteiger partial charge in [0.2, 0.25) is 0 Å². The maximum atomic E-state index is 8.41. The van der Waals surface area contributed by atoms with Crippen molar-refractivity contribution in [3.63, 3.8) is 0 Å². The summed E-state index contributed by atoms with van der Waals surface area (Å²) >= 11 is 0. The van der Waals surface area contributed by atoms with Gasteiger partial charge in [-0.3, -0.25) is 15.0 Å². The van der Waals surface area contributed by atoms with Crippen LogP contribution < -0.4 is 26.2 Å². The lowest BCUT2D eigenvalue weighted by Crippen LogP contribution is -2.61. The Balaban J connectivity index is 1.09. The van der Waals surface area contributed by atoms with Crippen molar-refractivity contribution in [1.29, 1.82) is 0 Å². The highest BCUT2D eigenvalue weighted by atomic mass is 15.2. The standard InChI is InChI=1S/C122H131BN8/c1-113(2,3)79-47-54-97-91(68-79)92-69-80(114(4,5)6)48-55-98(92)129(97)85-51-53-95-101(72-85)131(112-88(77-63-106(119(19,20)21)126-107(64-77)120(22,23)24)44-38-45-89(112)78-65-108(121(25,26)27)127-109(66-78)122(28,29)30)103-60-74(73-39-33-32-34-40-73)59-102-110(103)123(95)94-52-50-84(128-96-46-36-35-41-90(96)93-70-83(124-31)49-56-99(93)128)71-100(94)130(102)111-86(75-57-81(115(7,8)9)67-82(58-75)116(10,11)12)42-37-43-87(111)76-61-104(117(13,14)15)125-105(62-76)118(16,17)18/h32-72H,1-30H3. The van der Waals surface area contributed by atoms with Gasteiger partial charge in [0.15, 0.2) is 5.69 Å². The molecular formula is C122H131BN8. The van der Waals surface area contributed by atoms with Crippen LogP contribution in [0.15, 0.2) is 249 Å². The van der Waals surface area contributed by atoms with E-state index in [1.807, 2.05) is 6.07 Å². The average molecular weight is 1720 g/mol. The van der Waals surface area contributed by atoms with Gasteiger partial charge < -0.3 is 18.9 Å². The third-order valence-corrected chi connectivity index (χ3v) is 27.5. The van der Waals surface area contributed by atoms with Crippen molar-refractivity contribution in [1.82, 2.24) is 24.1 Å². The SMILES string of the molecule is [C-]#[N+]c1ccc2c(c1)c1ccccc1n2-c1ccc2c(c1)N(c1c(-c3cc(C(C)(C)C)cc(C(C)(C)C)c3)cccc1-c1cc(C(C)(C)C)nc(C(C)(C)C)c1)c1cc(-c3ccccc3)cc3c1B2c1ccc(-n2c4ccc(C(C)(C)C)cc4c4cc(C(C)(C)C)ccc42)cc1N3c1c(-c2cc(C(C)(C)C)nc(C(C)(C)C)c2)cccc1-c1cc(C(C)(C)C)nc(C(C)(C)C)c1. The molecule has 0 saturated heterocycles. The van der Waals surface area contributed by atoms with Gasteiger partial charge in [-0.2, -0.15) is 0 Å². The van der Waals surface area contributed by atoms with Crippen LogP contribution in [0.5, 0.6) is 0 Å². The van der Waals surface area contributed by atoms with E-state index in [0.29, 0.717) is 5.69 Å². The summed E-state index contributed by atoms with van der Waals surface area (Å²) in [5.74, 6) is 0. The van der Waals surface area contributed by atoms with Crippen molar-refractivity contribution in [2.45, 2.75) is 262 Å². The number of pyridine rings is 3. The normalized spacial score (nSPS) is 13.7. The van der Waals surface area contributed by atoms with E-state index in [0.717, 1.165) is 174 Å². The summed E-state index contributed by atoms with van der Waals surface area (Å²) in [5.41, 5.74) is 36.5. The summed E-state index contributed by atoms with van der Waals surface area (Å²) in [4.78, 5) is 26.6. The van der Waals surface area contributed by atoms with Gasteiger partial charge in [0.1, 0.15) is 0 Å². The van der Waals surface area contributed by atoms with Crippen molar-refractivity contribution >= 4 is 107 Å². The summed E-state index contributed by atoms with van der Waals surface area (Å²) in [6.07, 6.45) is 0. The molecule has 7 heterocycles. The van der Waals surface area contributed by atoms with Gasteiger partial charge in [-0.1, -0.05) is 341 Å². The minimum atomic E-state index is -0.391. The Morgan fingerprint density at radius 1 is 0.244 bits per heavy atom. The van der Waals surface area contributed by atoms with E-state index in [4.69, 9.17) is 21.5 Å². The molecule has 2 aliphatic heterocycles. The van der Waals surface area contributed by atoms with Gasteiger partial charge in [-0.05, 0) is 214 Å². The number of hydrogen-bond acceptors (Lipinski definition) is 5. The number of benzene rings is 11. The number of hydrogen-bond donors (Lipinski definition) is 0. The van der Waals surface area contributed by atoms with Crippen LogP contribution >= 0.6 is 0 Å². The van der Waals surface area contributed by atoms with Crippen LogP contribution in [-0.4, -0.2) is 30.8 Å². The highest BCUT2D eigenvalue weighted by molar-refractivity contribution is 7.00. The Labute approximate surface area is 780 Å². The van der Waals surface area contributed by atoms with Crippen molar-refractivity contribution in [2.75, 3.05) is 9.80 Å². The molecule has 0 fully saturated rings. The fourth-order valence-corrected chi connectivity index (χ4v) is 19.6. The fourth-order valence-electron chi connectivity index (χ4n) is 19.6. The van der Waals surface area contributed by atoms with Gasteiger partial charge in [0, 0.05) is 139 Å². The zero-order valence-electron chi connectivity index (χ0n) is 83.3. The third kappa shape index (κ3) is 16.0.